The number of aliphatic hydroxyl groups is 2. The molecule has 0 amide bonds. The van der Waals surface area contributed by atoms with Gasteiger partial charge in [-0.1, -0.05) is 0 Å². The molecule has 0 radical (unpaired) electrons. The third kappa shape index (κ3) is 2.75. The zero-order valence-corrected chi connectivity index (χ0v) is 10.4. The van der Waals surface area contributed by atoms with Gasteiger partial charge < -0.3 is 15.9 Å². The zero-order valence-electron chi connectivity index (χ0n) is 9.58. The van der Waals surface area contributed by atoms with Crippen LogP contribution >= 0.6 is 0 Å². The fourth-order valence-corrected chi connectivity index (χ4v) is 2.90. The van der Waals surface area contributed by atoms with Crippen LogP contribution in [0.4, 0.5) is 5.82 Å². The van der Waals surface area contributed by atoms with Crippen molar-refractivity contribution in [3.63, 3.8) is 0 Å². The Balaban J connectivity index is 3.13. The van der Waals surface area contributed by atoms with E-state index in [2.05, 4.69) is 9.82 Å². The second-order valence-electron chi connectivity index (χ2n) is 3.61. The van der Waals surface area contributed by atoms with Gasteiger partial charge in [-0.2, -0.15) is 5.10 Å². The van der Waals surface area contributed by atoms with E-state index >= 15 is 0 Å². The third-order valence-electron chi connectivity index (χ3n) is 2.34. The molecule has 1 heterocycles. The Labute approximate surface area is 99.1 Å². The fourth-order valence-electron chi connectivity index (χ4n) is 1.36. The SMILES string of the molecule is Cc1c(S(=O)(=O)NC(CO)CO)c(N)nn1C. The van der Waals surface area contributed by atoms with Gasteiger partial charge in [-0.3, -0.25) is 4.68 Å². The van der Waals surface area contributed by atoms with E-state index in [0.29, 0.717) is 5.69 Å². The largest absolute Gasteiger partial charge is 0.395 e. The van der Waals surface area contributed by atoms with Crippen LogP contribution in [-0.4, -0.2) is 47.7 Å². The molecule has 8 nitrogen and oxygen atoms in total. The molecule has 0 aliphatic heterocycles. The van der Waals surface area contributed by atoms with Crippen LogP contribution in [0.5, 0.6) is 0 Å². The summed E-state index contributed by atoms with van der Waals surface area (Å²) in [6.45, 7) is 0.550. The number of rotatable bonds is 5. The highest BCUT2D eigenvalue weighted by molar-refractivity contribution is 7.89. The molecule has 1 aromatic heterocycles. The molecule has 0 unspecified atom stereocenters. The Morgan fingerprint density at radius 1 is 1.47 bits per heavy atom. The first-order chi connectivity index (χ1) is 7.83. The molecule has 0 aliphatic carbocycles. The van der Waals surface area contributed by atoms with Crippen LogP contribution in [0.25, 0.3) is 0 Å². The number of aromatic nitrogens is 2. The van der Waals surface area contributed by atoms with Gasteiger partial charge in [0.2, 0.25) is 10.0 Å². The first-order valence-electron chi connectivity index (χ1n) is 4.86. The predicted molar refractivity (Wildman–Crippen MR) is 60.6 cm³/mol. The lowest BCUT2D eigenvalue weighted by atomic mass is 10.4. The molecular formula is C8H16N4O4S. The number of nitrogen functional groups attached to an aromatic ring is 1. The average Bonchev–Trinajstić information content (AvgIpc) is 2.50. The summed E-state index contributed by atoms with van der Waals surface area (Å²) in [5.41, 5.74) is 5.89. The van der Waals surface area contributed by atoms with E-state index in [1.807, 2.05) is 0 Å². The normalized spacial score (nSPS) is 12.3. The van der Waals surface area contributed by atoms with Gasteiger partial charge >= 0.3 is 0 Å². The van der Waals surface area contributed by atoms with Crippen LogP contribution in [0.3, 0.4) is 0 Å². The number of hydrogen-bond donors (Lipinski definition) is 4. The van der Waals surface area contributed by atoms with E-state index < -0.39 is 29.3 Å². The predicted octanol–water partition coefficient (Wildman–Crippen LogP) is -2.06. The van der Waals surface area contributed by atoms with E-state index in [-0.39, 0.29) is 10.7 Å². The highest BCUT2D eigenvalue weighted by Crippen LogP contribution is 2.20. The van der Waals surface area contributed by atoms with Crippen LogP contribution < -0.4 is 10.5 Å². The van der Waals surface area contributed by atoms with Crippen molar-refractivity contribution in [3.8, 4) is 0 Å². The van der Waals surface area contributed by atoms with Crippen molar-refractivity contribution in [1.82, 2.24) is 14.5 Å². The molecule has 0 atom stereocenters. The average molecular weight is 264 g/mol. The van der Waals surface area contributed by atoms with Gasteiger partial charge in [0.1, 0.15) is 4.90 Å². The number of nitrogens with one attached hydrogen (secondary N) is 1. The Morgan fingerprint density at radius 3 is 2.35 bits per heavy atom. The lowest BCUT2D eigenvalue weighted by Gasteiger charge is -2.13. The maximum absolute atomic E-state index is 11.9. The number of aliphatic hydroxyl groups excluding tert-OH is 2. The summed E-state index contributed by atoms with van der Waals surface area (Å²) in [4.78, 5) is -0.133. The summed E-state index contributed by atoms with van der Waals surface area (Å²) in [6, 6.07) is -0.959. The van der Waals surface area contributed by atoms with Crippen LogP contribution in [0, 0.1) is 6.92 Å². The van der Waals surface area contributed by atoms with Gasteiger partial charge in [0.25, 0.3) is 0 Å². The van der Waals surface area contributed by atoms with Gasteiger partial charge in [-0.15, -0.1) is 0 Å². The van der Waals surface area contributed by atoms with Crippen LogP contribution in [0.15, 0.2) is 4.90 Å². The molecule has 1 rings (SSSR count). The minimum atomic E-state index is -3.90. The van der Waals surface area contributed by atoms with E-state index in [4.69, 9.17) is 15.9 Å². The van der Waals surface area contributed by atoms with Crippen molar-refractivity contribution in [2.45, 2.75) is 17.9 Å². The van der Waals surface area contributed by atoms with E-state index in [1.165, 1.54) is 4.68 Å². The molecule has 0 bridgehead atoms. The molecule has 0 saturated heterocycles. The Hall–Kier alpha value is -1.16. The molecule has 9 heteroatoms. The second kappa shape index (κ2) is 5.00. The van der Waals surface area contributed by atoms with Gasteiger partial charge in [-0.05, 0) is 6.92 Å². The highest BCUT2D eigenvalue weighted by Gasteiger charge is 2.26. The Kier molecular flexibility index (Phi) is 4.09. The number of hydrogen-bond acceptors (Lipinski definition) is 6. The molecule has 0 aromatic carbocycles. The molecule has 17 heavy (non-hydrogen) atoms. The summed E-state index contributed by atoms with van der Waals surface area (Å²) in [5, 5.41) is 21.5. The summed E-state index contributed by atoms with van der Waals surface area (Å²) >= 11 is 0. The van der Waals surface area contributed by atoms with Crippen molar-refractivity contribution in [3.05, 3.63) is 5.69 Å². The molecule has 0 saturated carbocycles. The second-order valence-corrected chi connectivity index (χ2v) is 5.26. The molecule has 5 N–H and O–H groups in total. The van der Waals surface area contributed by atoms with Crippen molar-refractivity contribution >= 4 is 15.8 Å². The number of sulfonamides is 1. The fraction of sp³-hybridized carbons (Fsp3) is 0.625. The summed E-state index contributed by atoms with van der Waals surface area (Å²) in [5.74, 6) is -0.118. The molecule has 0 fully saturated rings. The van der Waals surface area contributed by atoms with E-state index in [0.717, 1.165) is 0 Å². The molecule has 0 spiro atoms. The summed E-state index contributed by atoms with van der Waals surface area (Å²) < 4.78 is 27.4. The van der Waals surface area contributed by atoms with Gasteiger partial charge in [0.15, 0.2) is 5.82 Å². The van der Waals surface area contributed by atoms with Gasteiger partial charge in [0.05, 0.1) is 24.9 Å². The molecule has 98 valence electrons. The van der Waals surface area contributed by atoms with Crippen molar-refractivity contribution < 1.29 is 18.6 Å². The number of aryl methyl sites for hydroxylation is 1. The minimum Gasteiger partial charge on any atom is -0.395 e. The number of nitrogens with two attached hydrogens (primary N) is 1. The Bertz CT molecular complexity index is 492. The van der Waals surface area contributed by atoms with E-state index in [9.17, 15) is 8.42 Å². The van der Waals surface area contributed by atoms with Gasteiger partial charge in [0, 0.05) is 7.05 Å². The van der Waals surface area contributed by atoms with Crippen molar-refractivity contribution in [2.24, 2.45) is 7.05 Å². The maximum atomic E-state index is 11.9. The summed E-state index contributed by atoms with van der Waals surface area (Å²) in [6.07, 6.45) is 0. The Morgan fingerprint density at radius 2 is 2.00 bits per heavy atom. The quantitative estimate of drug-likeness (QED) is 0.484. The highest BCUT2D eigenvalue weighted by atomic mass is 32.2. The topological polar surface area (TPSA) is 130 Å². The number of anilines is 1. The van der Waals surface area contributed by atoms with Crippen LogP contribution in [0.2, 0.25) is 0 Å². The van der Waals surface area contributed by atoms with E-state index in [1.54, 1.807) is 14.0 Å². The lowest BCUT2D eigenvalue weighted by molar-refractivity contribution is 0.185. The first kappa shape index (κ1) is 13.9. The van der Waals surface area contributed by atoms with Crippen LogP contribution in [-0.2, 0) is 17.1 Å². The van der Waals surface area contributed by atoms with Crippen molar-refractivity contribution in [1.29, 1.82) is 0 Å². The van der Waals surface area contributed by atoms with Gasteiger partial charge in [-0.25, -0.2) is 13.1 Å². The third-order valence-corrected chi connectivity index (χ3v) is 4.02. The minimum absolute atomic E-state index is 0.118. The lowest BCUT2D eigenvalue weighted by Crippen LogP contribution is -2.40. The zero-order chi connectivity index (χ0) is 13.2. The monoisotopic (exact) mass is 264 g/mol. The first-order valence-corrected chi connectivity index (χ1v) is 6.35. The molecule has 1 aromatic rings. The van der Waals surface area contributed by atoms with Crippen LogP contribution in [0.1, 0.15) is 5.69 Å². The molecular weight excluding hydrogens is 248 g/mol. The number of nitrogens with zero attached hydrogens (tertiary/aromatic N) is 2. The molecule has 0 aliphatic rings. The maximum Gasteiger partial charge on any atom is 0.246 e. The summed E-state index contributed by atoms with van der Waals surface area (Å²) in [7, 11) is -2.33. The van der Waals surface area contributed by atoms with Crippen molar-refractivity contribution in [2.75, 3.05) is 18.9 Å². The smallest absolute Gasteiger partial charge is 0.246 e. The standard InChI is InChI=1S/C8H16N4O4S/c1-5-7(8(9)10-12(5)2)17(15,16)11-6(3-13)4-14/h6,11,13-14H,3-4H2,1-2H3,(H2,9,10).